The van der Waals surface area contributed by atoms with Crippen molar-refractivity contribution in [2.24, 2.45) is 17.8 Å². The van der Waals surface area contributed by atoms with E-state index in [-0.39, 0.29) is 63.8 Å². The number of alkyl halides is 3. The molecule has 27 heteroatoms. The molecule has 0 aromatic heterocycles. The number of benzene rings is 2. The summed E-state index contributed by atoms with van der Waals surface area (Å²) in [6.07, 6.45) is -2.81. The largest absolute Gasteiger partial charge is 0.417 e. The van der Waals surface area contributed by atoms with E-state index in [0.717, 1.165) is 31.7 Å². The van der Waals surface area contributed by atoms with Gasteiger partial charge in [0.1, 0.15) is 41.8 Å². The normalized spacial score (nSPS) is 24.9. The van der Waals surface area contributed by atoms with Crippen molar-refractivity contribution in [2.75, 3.05) is 68.5 Å². The predicted molar refractivity (Wildman–Crippen MR) is 339 cm³/mol. The highest BCUT2D eigenvalue weighted by atomic mass is 79.9. The van der Waals surface area contributed by atoms with Crippen LogP contribution in [0.4, 0.5) is 13.2 Å². The van der Waals surface area contributed by atoms with Gasteiger partial charge < -0.3 is 55.6 Å². The molecule has 0 unspecified atom stereocenters. The van der Waals surface area contributed by atoms with Crippen LogP contribution in [-0.2, 0) is 71.8 Å². The van der Waals surface area contributed by atoms with Crippen molar-refractivity contribution in [3.8, 4) is 0 Å². The Bertz CT molecular complexity index is 3000. The molecule has 4 N–H and O–H groups in total. The van der Waals surface area contributed by atoms with Gasteiger partial charge in [-0.05, 0) is 105 Å². The molecule has 0 radical (unpaired) electrons. The summed E-state index contributed by atoms with van der Waals surface area (Å²) in [6, 6.07) is 2.05. The highest BCUT2D eigenvalue weighted by molar-refractivity contribution is 9.10. The SMILES string of the molecule is CC[C@H](C)[C@@H]1NC(=O)[C@H](CC(C)C)N(C)C(=O)C[C@@H](C)NC(=O)[C@H](C(C)C)N(C)C(=O)C2(CCCC2)NC(=O)[C@@H]2CCCN2C(=O)[C@H](CCc2ccc(C(F)(F)F)c(Cl)c2)NC(=O)CN(C)C(=O)[C@H](Cc2cccc(Br)c2)N(C)C(=O)CN(C)C(=O)CN(C)C1=O. The van der Waals surface area contributed by atoms with E-state index < -0.39 is 161 Å². The van der Waals surface area contributed by atoms with Gasteiger partial charge in [-0.1, -0.05) is 107 Å². The molecular formula is C64H92BrClF3N11O11. The Morgan fingerprint density at radius 3 is 1.90 bits per heavy atom. The van der Waals surface area contributed by atoms with Crippen LogP contribution in [0.1, 0.15) is 129 Å². The minimum Gasteiger partial charge on any atom is -0.351 e. The second-order valence-electron chi connectivity index (χ2n) is 25.7. The third-order valence-electron chi connectivity index (χ3n) is 17.7. The smallest absolute Gasteiger partial charge is 0.351 e. The first kappa shape index (κ1) is 74.9. The van der Waals surface area contributed by atoms with Crippen LogP contribution < -0.4 is 21.3 Å². The summed E-state index contributed by atoms with van der Waals surface area (Å²) in [5.74, 6) is -8.26. The van der Waals surface area contributed by atoms with Gasteiger partial charge in [0.2, 0.25) is 65.0 Å². The number of hydrogen-bond donors (Lipinski definition) is 4. The number of nitrogens with zero attached hydrogens (tertiary/aromatic N) is 7. The quantitative estimate of drug-likeness (QED) is 0.240. The lowest BCUT2D eigenvalue weighted by molar-refractivity contribution is -0.149. The van der Waals surface area contributed by atoms with Crippen LogP contribution >= 0.6 is 27.5 Å². The van der Waals surface area contributed by atoms with Crippen LogP contribution in [0.2, 0.25) is 5.02 Å². The molecule has 8 atom stereocenters. The summed E-state index contributed by atoms with van der Waals surface area (Å²) in [7, 11) is 8.35. The molecule has 1 saturated carbocycles. The van der Waals surface area contributed by atoms with Gasteiger partial charge in [0, 0.05) is 72.2 Å². The van der Waals surface area contributed by atoms with Gasteiger partial charge in [0.15, 0.2) is 0 Å². The molecule has 1 spiro atoms. The maximum absolute atomic E-state index is 15.0. The van der Waals surface area contributed by atoms with Crippen LogP contribution in [0.5, 0.6) is 0 Å². The summed E-state index contributed by atoms with van der Waals surface area (Å²) in [5, 5.41) is 10.9. The molecular weight excluding hydrogens is 1270 g/mol. The number of likely N-dealkylation sites (N-methyl/N-ethyl adjacent to an activating group) is 6. The van der Waals surface area contributed by atoms with E-state index in [0.29, 0.717) is 41.3 Å². The number of rotatable bonds is 10. The molecule has 1 aliphatic carbocycles. The highest BCUT2D eigenvalue weighted by Gasteiger charge is 2.49. The van der Waals surface area contributed by atoms with E-state index in [1.165, 1.54) is 63.1 Å². The third-order valence-corrected chi connectivity index (χ3v) is 18.5. The molecule has 2 saturated heterocycles. The molecule has 2 aliphatic heterocycles. The number of nitrogens with one attached hydrogen (secondary N) is 4. The van der Waals surface area contributed by atoms with Crippen molar-refractivity contribution >= 4 is 92.5 Å². The number of halogens is 5. The van der Waals surface area contributed by atoms with Crippen LogP contribution in [0.3, 0.4) is 0 Å². The molecule has 2 aromatic rings. The Hall–Kier alpha value is -6.83. The summed E-state index contributed by atoms with van der Waals surface area (Å²) < 4.78 is 42.0. The van der Waals surface area contributed by atoms with Crippen molar-refractivity contribution in [3.05, 3.63) is 68.7 Å². The molecule has 91 heavy (non-hydrogen) atoms. The summed E-state index contributed by atoms with van der Waals surface area (Å²) in [5.41, 5.74) is -1.69. The van der Waals surface area contributed by atoms with E-state index in [4.69, 9.17) is 11.6 Å². The number of carbonyl (C=O) groups excluding carboxylic acids is 11. The van der Waals surface area contributed by atoms with Crippen LogP contribution in [0.15, 0.2) is 46.9 Å². The Morgan fingerprint density at radius 1 is 0.681 bits per heavy atom. The second kappa shape index (κ2) is 32.6. The van der Waals surface area contributed by atoms with E-state index in [2.05, 4.69) is 37.2 Å². The maximum Gasteiger partial charge on any atom is 0.417 e. The van der Waals surface area contributed by atoms with Crippen molar-refractivity contribution in [2.45, 2.75) is 180 Å². The van der Waals surface area contributed by atoms with Gasteiger partial charge in [-0.3, -0.25) is 52.7 Å². The van der Waals surface area contributed by atoms with Gasteiger partial charge in [0.25, 0.3) is 0 Å². The van der Waals surface area contributed by atoms with Crippen molar-refractivity contribution in [1.82, 2.24) is 55.6 Å². The lowest BCUT2D eigenvalue weighted by atomic mass is 9.92. The zero-order chi connectivity index (χ0) is 68.1. The van der Waals surface area contributed by atoms with Crippen LogP contribution in [-0.4, -0.2) is 216 Å². The molecule has 2 aromatic carbocycles. The van der Waals surface area contributed by atoms with E-state index in [9.17, 15) is 65.9 Å². The molecule has 22 nitrogen and oxygen atoms in total. The van der Waals surface area contributed by atoms with E-state index >= 15 is 0 Å². The zero-order valence-corrected chi connectivity index (χ0v) is 57.0. The van der Waals surface area contributed by atoms with Gasteiger partial charge in [0.05, 0.1) is 30.2 Å². The van der Waals surface area contributed by atoms with Crippen LogP contribution in [0, 0.1) is 17.8 Å². The van der Waals surface area contributed by atoms with Gasteiger partial charge in [-0.15, -0.1) is 0 Å². The third kappa shape index (κ3) is 19.6. The second-order valence-corrected chi connectivity index (χ2v) is 27.0. The lowest BCUT2D eigenvalue weighted by Crippen LogP contribution is -2.64. The molecule has 11 amide bonds. The summed E-state index contributed by atoms with van der Waals surface area (Å²) >= 11 is 9.55. The Labute approximate surface area is 545 Å². The van der Waals surface area contributed by atoms with Crippen molar-refractivity contribution in [1.29, 1.82) is 0 Å². The minimum absolute atomic E-state index is 0.0399. The van der Waals surface area contributed by atoms with Gasteiger partial charge >= 0.3 is 6.18 Å². The molecule has 2 heterocycles. The van der Waals surface area contributed by atoms with Crippen molar-refractivity contribution < 1.29 is 65.9 Å². The lowest BCUT2D eigenvalue weighted by Gasteiger charge is -2.39. The van der Waals surface area contributed by atoms with E-state index in [1.807, 2.05) is 20.8 Å². The topological polar surface area (TPSA) is 259 Å². The van der Waals surface area contributed by atoms with Gasteiger partial charge in [-0.25, -0.2) is 0 Å². The number of amides is 11. The molecule has 0 bridgehead atoms. The average molecular weight is 1360 g/mol. The predicted octanol–water partition coefficient (Wildman–Crippen LogP) is 5.20. The summed E-state index contributed by atoms with van der Waals surface area (Å²) in [4.78, 5) is 168. The molecule has 3 fully saturated rings. The molecule has 3 aliphatic rings. The fourth-order valence-corrected chi connectivity index (χ4v) is 12.9. The Kier molecular flexibility index (Phi) is 26.9. The standard InChI is InChI=1S/C64H92BrClF3N11O11/c1-14-39(6)54-61(90)76(10)35-52(83)74(8)36-53(84)78(12)49(33-42-19-17-20-43(65)31-42)60(89)75(9)34-50(81)71-46(25-23-41-22-24-44(45(66)32-41)64(67,68)69)59(88)80-28-18-21-47(80)57(86)73-63(26-15-16-27-63)62(91)79(13)55(38(4)5)58(87)70-40(7)30-51(82)77(11)48(29-37(2)3)56(85)72-54/h17,19-20,22,24,31-32,37-40,46-49,54-55H,14-16,18,21,23,25-30,33-36H2,1-13H3,(H,70,87)(H,71,81)(H,72,85)(H,73,86)/t39-,40+,46-,47-,48-,49-,54-,55-/m0/s1. The summed E-state index contributed by atoms with van der Waals surface area (Å²) in [6.45, 7) is 10.7. The Balaban J connectivity index is 1.56. The number of aryl methyl sites for hydroxylation is 1. The monoisotopic (exact) mass is 1360 g/mol. The highest BCUT2D eigenvalue weighted by Crippen LogP contribution is 2.36. The van der Waals surface area contributed by atoms with Gasteiger partial charge in [-0.2, -0.15) is 13.2 Å². The first-order valence-electron chi connectivity index (χ1n) is 31.2. The first-order chi connectivity index (χ1) is 42.5. The number of fused-ring (bicyclic) bond motifs is 1. The minimum atomic E-state index is -4.76. The van der Waals surface area contributed by atoms with Crippen LogP contribution in [0.25, 0.3) is 0 Å². The zero-order valence-electron chi connectivity index (χ0n) is 54.6. The maximum atomic E-state index is 15.0. The fourth-order valence-electron chi connectivity index (χ4n) is 12.2. The van der Waals surface area contributed by atoms with E-state index in [1.54, 1.807) is 52.0 Å². The fraction of sp³-hybridized carbons (Fsp3) is 0.641. The first-order valence-corrected chi connectivity index (χ1v) is 32.3. The molecule has 5 rings (SSSR count). The average Bonchev–Trinajstić information content (AvgIpc) is 1.75. The number of carbonyl (C=O) groups is 11. The molecule has 504 valence electrons. The van der Waals surface area contributed by atoms with Crippen molar-refractivity contribution in [3.63, 3.8) is 0 Å². The Morgan fingerprint density at radius 2 is 1.31 bits per heavy atom. The number of hydrogen-bond acceptors (Lipinski definition) is 11.